The highest BCUT2D eigenvalue weighted by Gasteiger charge is 2.19. The molecule has 2 rings (SSSR count). The second kappa shape index (κ2) is 5.61. The highest BCUT2D eigenvalue weighted by Crippen LogP contribution is 2.21. The average molecular weight is 241 g/mol. The Balaban J connectivity index is 1.77. The zero-order valence-corrected chi connectivity index (χ0v) is 10.5. The largest absolute Gasteiger partial charge is 0.384 e. The van der Waals surface area contributed by atoms with Crippen molar-refractivity contribution < 1.29 is 4.74 Å². The van der Waals surface area contributed by atoms with Crippen LogP contribution in [-0.4, -0.2) is 36.7 Å². The van der Waals surface area contributed by atoms with Crippen molar-refractivity contribution >= 4 is 16.5 Å². The van der Waals surface area contributed by atoms with E-state index < -0.39 is 0 Å². The van der Waals surface area contributed by atoms with E-state index >= 15 is 0 Å². The molecular formula is C11H19N3OS. The van der Waals surface area contributed by atoms with Gasteiger partial charge in [0, 0.05) is 31.3 Å². The summed E-state index contributed by atoms with van der Waals surface area (Å²) < 4.78 is 5.20. The molecule has 1 aliphatic rings. The topological polar surface area (TPSA) is 51.4 Å². The fourth-order valence-corrected chi connectivity index (χ4v) is 2.89. The lowest BCUT2D eigenvalue weighted by molar-refractivity contribution is 0.0972. The minimum absolute atomic E-state index is 0.671. The quantitative estimate of drug-likeness (QED) is 0.869. The Morgan fingerprint density at radius 2 is 2.31 bits per heavy atom. The molecule has 0 spiro atoms. The normalized spacial score (nSPS) is 19.1. The van der Waals surface area contributed by atoms with Crippen LogP contribution in [0.4, 0.5) is 5.13 Å². The molecule has 0 bridgehead atoms. The number of hydrogen-bond donors (Lipinski definition) is 1. The number of nitrogens with two attached hydrogens (primary N) is 1. The Kier molecular flexibility index (Phi) is 4.15. The van der Waals surface area contributed by atoms with Gasteiger partial charge in [-0.2, -0.15) is 0 Å². The third kappa shape index (κ3) is 3.17. The van der Waals surface area contributed by atoms with E-state index in [-0.39, 0.29) is 0 Å². The fraction of sp³-hybridized carbons (Fsp3) is 0.727. The summed E-state index contributed by atoms with van der Waals surface area (Å²) >= 11 is 1.59. The summed E-state index contributed by atoms with van der Waals surface area (Å²) in [5.41, 5.74) is 5.62. The molecule has 1 aromatic heterocycles. The first-order chi connectivity index (χ1) is 7.78. The molecule has 90 valence electrons. The first-order valence-corrected chi connectivity index (χ1v) is 6.51. The number of nitrogens with zero attached hydrogens (tertiary/aromatic N) is 2. The molecule has 2 N–H and O–H groups in total. The predicted octanol–water partition coefficient (Wildman–Crippen LogP) is 1.58. The van der Waals surface area contributed by atoms with Crippen LogP contribution in [0.15, 0.2) is 6.20 Å². The lowest BCUT2D eigenvalue weighted by Gasteiger charge is -2.31. The zero-order valence-electron chi connectivity index (χ0n) is 9.69. The molecule has 1 saturated heterocycles. The van der Waals surface area contributed by atoms with Gasteiger partial charge in [0.25, 0.3) is 0 Å². The zero-order chi connectivity index (χ0) is 11.4. The number of aromatic nitrogens is 1. The lowest BCUT2D eigenvalue weighted by Crippen LogP contribution is -2.34. The lowest BCUT2D eigenvalue weighted by atomic mass is 9.98. The number of ether oxygens (including phenoxy) is 1. The van der Waals surface area contributed by atoms with Gasteiger partial charge in [-0.1, -0.05) is 0 Å². The number of methoxy groups -OCH3 is 1. The monoisotopic (exact) mass is 241 g/mol. The van der Waals surface area contributed by atoms with Crippen molar-refractivity contribution in [3.63, 3.8) is 0 Å². The highest BCUT2D eigenvalue weighted by atomic mass is 32.1. The maximum absolute atomic E-state index is 5.62. The molecule has 1 fully saturated rings. The molecule has 0 aromatic carbocycles. The second-order valence-electron chi connectivity index (χ2n) is 4.34. The van der Waals surface area contributed by atoms with Gasteiger partial charge in [0.15, 0.2) is 5.13 Å². The predicted molar refractivity (Wildman–Crippen MR) is 66.4 cm³/mol. The van der Waals surface area contributed by atoms with Crippen molar-refractivity contribution in [3.05, 3.63) is 11.1 Å². The van der Waals surface area contributed by atoms with E-state index in [1.807, 2.05) is 6.20 Å². The number of nitrogen functional groups attached to an aromatic ring is 1. The summed E-state index contributed by atoms with van der Waals surface area (Å²) in [6, 6.07) is 0. The second-order valence-corrected chi connectivity index (χ2v) is 5.49. The molecule has 0 radical (unpaired) electrons. The molecule has 0 atom stereocenters. The van der Waals surface area contributed by atoms with E-state index in [9.17, 15) is 0 Å². The Labute approximate surface area is 100 Å². The SMILES string of the molecule is COCC1CCN(Cc2cnc(N)s2)CC1. The number of rotatable bonds is 4. The van der Waals surface area contributed by atoms with Crippen LogP contribution in [0.1, 0.15) is 17.7 Å². The van der Waals surface area contributed by atoms with Crippen molar-refractivity contribution in [1.29, 1.82) is 0 Å². The molecule has 1 aromatic rings. The van der Waals surface area contributed by atoms with Gasteiger partial charge < -0.3 is 10.5 Å². The molecule has 4 nitrogen and oxygen atoms in total. The molecular weight excluding hydrogens is 222 g/mol. The van der Waals surface area contributed by atoms with E-state index in [4.69, 9.17) is 10.5 Å². The van der Waals surface area contributed by atoms with E-state index in [1.165, 1.54) is 17.7 Å². The molecule has 16 heavy (non-hydrogen) atoms. The van der Waals surface area contributed by atoms with Gasteiger partial charge >= 0.3 is 0 Å². The van der Waals surface area contributed by atoms with Crippen molar-refractivity contribution in [3.8, 4) is 0 Å². The number of hydrogen-bond acceptors (Lipinski definition) is 5. The Hall–Kier alpha value is -0.650. The van der Waals surface area contributed by atoms with Crippen molar-refractivity contribution in [1.82, 2.24) is 9.88 Å². The first kappa shape index (κ1) is 11.8. The van der Waals surface area contributed by atoms with Crippen molar-refractivity contribution in [2.45, 2.75) is 19.4 Å². The van der Waals surface area contributed by atoms with Crippen LogP contribution >= 0.6 is 11.3 Å². The highest BCUT2D eigenvalue weighted by molar-refractivity contribution is 7.15. The molecule has 0 unspecified atom stereocenters. The molecule has 1 aliphatic heterocycles. The average Bonchev–Trinajstić information content (AvgIpc) is 2.67. The van der Waals surface area contributed by atoms with Crippen LogP contribution in [0.2, 0.25) is 0 Å². The summed E-state index contributed by atoms with van der Waals surface area (Å²) in [6.07, 6.45) is 4.37. The molecule has 0 aliphatic carbocycles. The number of piperidine rings is 1. The minimum Gasteiger partial charge on any atom is -0.384 e. The van der Waals surface area contributed by atoms with Gasteiger partial charge in [-0.3, -0.25) is 4.90 Å². The smallest absolute Gasteiger partial charge is 0.180 e. The fourth-order valence-electron chi connectivity index (χ4n) is 2.16. The van der Waals surface area contributed by atoms with E-state index in [0.29, 0.717) is 5.13 Å². The van der Waals surface area contributed by atoms with Crippen molar-refractivity contribution in [2.75, 3.05) is 32.5 Å². The van der Waals surface area contributed by atoms with E-state index in [0.717, 1.165) is 32.2 Å². The van der Waals surface area contributed by atoms with Crippen LogP contribution in [0.25, 0.3) is 0 Å². The third-order valence-corrected chi connectivity index (χ3v) is 3.87. The molecule has 0 amide bonds. The van der Waals surface area contributed by atoms with Crippen molar-refractivity contribution in [2.24, 2.45) is 5.92 Å². The summed E-state index contributed by atoms with van der Waals surface area (Å²) in [4.78, 5) is 7.81. The summed E-state index contributed by atoms with van der Waals surface area (Å²) in [5.74, 6) is 0.743. The summed E-state index contributed by atoms with van der Waals surface area (Å²) in [6.45, 7) is 4.22. The van der Waals surface area contributed by atoms with Gasteiger partial charge in [0.1, 0.15) is 0 Å². The van der Waals surface area contributed by atoms with Gasteiger partial charge in [-0.15, -0.1) is 11.3 Å². The molecule has 0 saturated carbocycles. The first-order valence-electron chi connectivity index (χ1n) is 5.69. The van der Waals surface area contributed by atoms with Gasteiger partial charge in [-0.05, 0) is 31.8 Å². The van der Waals surface area contributed by atoms with Crippen LogP contribution in [0.3, 0.4) is 0 Å². The number of thiazole rings is 1. The van der Waals surface area contributed by atoms with Gasteiger partial charge in [-0.25, -0.2) is 4.98 Å². The van der Waals surface area contributed by atoms with Gasteiger partial charge in [0.2, 0.25) is 0 Å². The summed E-state index contributed by atoms with van der Waals surface area (Å²) in [7, 11) is 1.78. The Morgan fingerprint density at radius 1 is 1.56 bits per heavy atom. The summed E-state index contributed by atoms with van der Waals surface area (Å²) in [5, 5.41) is 0.671. The number of anilines is 1. The molecule has 5 heteroatoms. The standard InChI is InChI=1S/C11H19N3OS/c1-15-8-9-2-4-14(5-3-9)7-10-6-13-11(12)16-10/h6,9H,2-5,7-8H2,1H3,(H2,12,13). The van der Waals surface area contributed by atoms with Crippen LogP contribution in [0.5, 0.6) is 0 Å². The molecule has 2 heterocycles. The Morgan fingerprint density at radius 3 is 2.88 bits per heavy atom. The minimum atomic E-state index is 0.671. The third-order valence-electron chi connectivity index (χ3n) is 3.06. The van der Waals surface area contributed by atoms with Crippen LogP contribution in [-0.2, 0) is 11.3 Å². The maximum Gasteiger partial charge on any atom is 0.180 e. The van der Waals surface area contributed by atoms with E-state index in [1.54, 1.807) is 18.4 Å². The Bertz CT molecular complexity index is 321. The van der Waals surface area contributed by atoms with Gasteiger partial charge in [0.05, 0.1) is 0 Å². The van der Waals surface area contributed by atoms with Crippen LogP contribution < -0.4 is 5.73 Å². The van der Waals surface area contributed by atoms with E-state index in [2.05, 4.69) is 9.88 Å². The maximum atomic E-state index is 5.62. The van der Waals surface area contributed by atoms with Crippen LogP contribution in [0, 0.1) is 5.92 Å². The number of likely N-dealkylation sites (tertiary alicyclic amines) is 1.